The summed E-state index contributed by atoms with van der Waals surface area (Å²) in [7, 11) is 0. The maximum absolute atomic E-state index is 11.5. The highest BCUT2D eigenvalue weighted by Crippen LogP contribution is 2.35. The van der Waals surface area contributed by atoms with Gasteiger partial charge in [0.2, 0.25) is 5.91 Å². The van der Waals surface area contributed by atoms with E-state index in [2.05, 4.69) is 18.7 Å². The van der Waals surface area contributed by atoms with Crippen molar-refractivity contribution < 1.29 is 4.79 Å². The van der Waals surface area contributed by atoms with Crippen LogP contribution in [0.5, 0.6) is 0 Å². The number of amides is 1. The fraction of sp³-hybridized carbons (Fsp3) is 0.929. The molecule has 2 aliphatic rings. The first-order valence-corrected chi connectivity index (χ1v) is 7.27. The minimum Gasteiger partial charge on any atom is -0.368 e. The van der Waals surface area contributed by atoms with Crippen LogP contribution in [0.4, 0.5) is 0 Å². The zero-order chi connectivity index (χ0) is 13.3. The second kappa shape index (κ2) is 5.17. The van der Waals surface area contributed by atoms with Gasteiger partial charge < -0.3 is 11.5 Å². The zero-order valence-electron chi connectivity index (χ0n) is 11.7. The first-order valence-electron chi connectivity index (χ1n) is 7.27. The number of hydrogen-bond donors (Lipinski definition) is 2. The monoisotopic (exact) mass is 253 g/mol. The van der Waals surface area contributed by atoms with Crippen LogP contribution < -0.4 is 11.5 Å². The van der Waals surface area contributed by atoms with Crippen molar-refractivity contribution in [1.29, 1.82) is 0 Å². The van der Waals surface area contributed by atoms with Crippen LogP contribution in [-0.4, -0.2) is 35.0 Å². The Labute approximate surface area is 110 Å². The third kappa shape index (κ3) is 3.04. The molecule has 0 saturated heterocycles. The molecule has 2 rings (SSSR count). The zero-order valence-corrected chi connectivity index (χ0v) is 11.7. The van der Waals surface area contributed by atoms with Gasteiger partial charge >= 0.3 is 0 Å². The molecular formula is C14H27N3O. The van der Waals surface area contributed by atoms with Crippen molar-refractivity contribution in [1.82, 2.24) is 4.90 Å². The molecular weight excluding hydrogens is 226 g/mol. The van der Waals surface area contributed by atoms with Gasteiger partial charge in [-0.15, -0.1) is 0 Å². The SMILES string of the molecule is CC(C)N(CC1CC1)C1CCCC(N)(C(N)=O)C1. The van der Waals surface area contributed by atoms with E-state index in [9.17, 15) is 4.79 Å². The lowest BCUT2D eigenvalue weighted by Gasteiger charge is -2.43. The molecule has 2 saturated carbocycles. The van der Waals surface area contributed by atoms with Gasteiger partial charge in [0.15, 0.2) is 0 Å². The second-order valence-corrected chi connectivity index (χ2v) is 6.50. The van der Waals surface area contributed by atoms with Crippen molar-refractivity contribution in [2.45, 2.75) is 70.0 Å². The molecule has 0 aromatic rings. The lowest BCUT2D eigenvalue weighted by molar-refractivity contribution is -0.125. The minimum absolute atomic E-state index is 0.331. The predicted molar refractivity (Wildman–Crippen MR) is 72.9 cm³/mol. The molecule has 0 radical (unpaired) electrons. The van der Waals surface area contributed by atoms with Crippen LogP contribution in [0.1, 0.15) is 52.4 Å². The lowest BCUT2D eigenvalue weighted by atomic mass is 9.78. The molecule has 4 N–H and O–H groups in total. The van der Waals surface area contributed by atoms with Gasteiger partial charge in [0, 0.05) is 18.6 Å². The Kier molecular flexibility index (Phi) is 3.97. The molecule has 4 heteroatoms. The maximum Gasteiger partial charge on any atom is 0.237 e. The summed E-state index contributed by atoms with van der Waals surface area (Å²) in [6.45, 7) is 5.63. The van der Waals surface area contributed by atoms with E-state index in [1.165, 1.54) is 12.8 Å². The van der Waals surface area contributed by atoms with Crippen LogP contribution in [0.2, 0.25) is 0 Å². The van der Waals surface area contributed by atoms with Crippen molar-refractivity contribution in [2.75, 3.05) is 6.54 Å². The summed E-state index contributed by atoms with van der Waals surface area (Å²) < 4.78 is 0. The Bertz CT molecular complexity index is 314. The van der Waals surface area contributed by atoms with Crippen molar-refractivity contribution >= 4 is 5.91 Å². The summed E-state index contributed by atoms with van der Waals surface area (Å²) in [4.78, 5) is 14.1. The van der Waals surface area contributed by atoms with E-state index < -0.39 is 5.54 Å². The number of primary amides is 1. The topological polar surface area (TPSA) is 72.3 Å². The predicted octanol–water partition coefficient (Wildman–Crippen LogP) is 1.23. The second-order valence-electron chi connectivity index (χ2n) is 6.50. The highest BCUT2D eigenvalue weighted by molar-refractivity contribution is 5.84. The van der Waals surface area contributed by atoms with Gasteiger partial charge in [-0.3, -0.25) is 9.69 Å². The molecule has 0 bridgehead atoms. The van der Waals surface area contributed by atoms with Crippen LogP contribution in [0.15, 0.2) is 0 Å². The third-order valence-electron chi connectivity index (χ3n) is 4.55. The molecule has 0 aromatic heterocycles. The lowest BCUT2D eigenvalue weighted by Crippen LogP contribution is -2.59. The van der Waals surface area contributed by atoms with Gasteiger partial charge in [-0.2, -0.15) is 0 Å². The van der Waals surface area contributed by atoms with Gasteiger partial charge in [-0.05, 0) is 58.3 Å². The fourth-order valence-corrected chi connectivity index (χ4v) is 3.16. The molecule has 2 unspecified atom stereocenters. The number of carbonyl (C=O) groups is 1. The van der Waals surface area contributed by atoms with Gasteiger partial charge in [0.1, 0.15) is 0 Å². The number of nitrogens with zero attached hydrogens (tertiary/aromatic N) is 1. The molecule has 104 valence electrons. The summed E-state index contributed by atoms with van der Waals surface area (Å²) in [6.07, 6.45) is 6.36. The molecule has 0 spiro atoms. The van der Waals surface area contributed by atoms with E-state index in [4.69, 9.17) is 11.5 Å². The van der Waals surface area contributed by atoms with Crippen LogP contribution in [0.3, 0.4) is 0 Å². The first-order chi connectivity index (χ1) is 8.42. The van der Waals surface area contributed by atoms with Gasteiger partial charge in [0.25, 0.3) is 0 Å². The Morgan fingerprint density at radius 3 is 2.56 bits per heavy atom. The summed E-state index contributed by atoms with van der Waals surface area (Å²) in [5.41, 5.74) is 10.9. The quantitative estimate of drug-likeness (QED) is 0.774. The van der Waals surface area contributed by atoms with Crippen LogP contribution in [-0.2, 0) is 4.79 Å². The van der Waals surface area contributed by atoms with Crippen molar-refractivity contribution in [3.8, 4) is 0 Å². The molecule has 1 amide bonds. The van der Waals surface area contributed by atoms with Crippen molar-refractivity contribution in [2.24, 2.45) is 17.4 Å². The molecule has 0 aliphatic heterocycles. The fourth-order valence-electron chi connectivity index (χ4n) is 3.16. The summed E-state index contributed by atoms with van der Waals surface area (Å²) in [6, 6.07) is 0.947. The van der Waals surface area contributed by atoms with Crippen LogP contribution in [0.25, 0.3) is 0 Å². The van der Waals surface area contributed by atoms with E-state index in [1.54, 1.807) is 0 Å². The summed E-state index contributed by atoms with van der Waals surface area (Å²) in [5, 5.41) is 0. The van der Waals surface area contributed by atoms with Crippen LogP contribution in [0, 0.1) is 5.92 Å². The smallest absolute Gasteiger partial charge is 0.237 e. The van der Waals surface area contributed by atoms with Gasteiger partial charge in [0.05, 0.1) is 5.54 Å². The highest BCUT2D eigenvalue weighted by Gasteiger charge is 2.41. The van der Waals surface area contributed by atoms with Crippen LogP contribution >= 0.6 is 0 Å². The molecule has 18 heavy (non-hydrogen) atoms. The molecule has 2 aliphatic carbocycles. The average molecular weight is 253 g/mol. The number of hydrogen-bond acceptors (Lipinski definition) is 3. The molecule has 0 aromatic carbocycles. The average Bonchev–Trinajstić information content (AvgIpc) is 3.09. The van der Waals surface area contributed by atoms with Crippen molar-refractivity contribution in [3.05, 3.63) is 0 Å². The normalized spacial score (nSPS) is 33.1. The van der Waals surface area contributed by atoms with Gasteiger partial charge in [-0.25, -0.2) is 0 Å². The van der Waals surface area contributed by atoms with Gasteiger partial charge in [-0.1, -0.05) is 0 Å². The van der Waals surface area contributed by atoms with Crippen molar-refractivity contribution in [3.63, 3.8) is 0 Å². The van der Waals surface area contributed by atoms with E-state index >= 15 is 0 Å². The highest BCUT2D eigenvalue weighted by atomic mass is 16.1. The number of nitrogens with two attached hydrogens (primary N) is 2. The number of carbonyl (C=O) groups excluding carboxylic acids is 1. The van der Waals surface area contributed by atoms with E-state index in [0.717, 1.165) is 38.1 Å². The molecule has 4 nitrogen and oxygen atoms in total. The summed E-state index contributed by atoms with van der Waals surface area (Å²) in [5.74, 6) is 0.539. The minimum atomic E-state index is -0.778. The standard InChI is InChI=1S/C14H27N3O/c1-10(2)17(9-11-5-6-11)12-4-3-7-14(16,8-12)13(15)18/h10-12H,3-9,16H2,1-2H3,(H2,15,18). The van der Waals surface area contributed by atoms with E-state index in [-0.39, 0.29) is 5.91 Å². The molecule has 2 fully saturated rings. The Morgan fingerprint density at radius 1 is 1.39 bits per heavy atom. The van der Waals surface area contributed by atoms with E-state index in [0.29, 0.717) is 12.1 Å². The first kappa shape index (κ1) is 13.8. The van der Waals surface area contributed by atoms with E-state index in [1.807, 2.05) is 0 Å². The Morgan fingerprint density at radius 2 is 2.06 bits per heavy atom. The largest absolute Gasteiger partial charge is 0.368 e. The summed E-state index contributed by atoms with van der Waals surface area (Å²) >= 11 is 0. The Balaban J connectivity index is 2.02. The Hall–Kier alpha value is -0.610. The number of rotatable bonds is 5. The maximum atomic E-state index is 11.5. The third-order valence-corrected chi connectivity index (χ3v) is 4.55. The molecule has 0 heterocycles. The molecule has 2 atom stereocenters.